The fourth-order valence-corrected chi connectivity index (χ4v) is 2.13. The van der Waals surface area contributed by atoms with Crippen LogP contribution in [0.2, 0.25) is 0 Å². The van der Waals surface area contributed by atoms with E-state index in [1.807, 2.05) is 0 Å². The molecule has 2 fully saturated rings. The Bertz CT molecular complexity index is 255. The molecule has 1 heterocycles. The molecule has 1 aliphatic heterocycles. The van der Waals surface area contributed by atoms with Crippen LogP contribution in [0.1, 0.15) is 39.0 Å². The first kappa shape index (κ1) is 10.9. The molecule has 0 radical (unpaired) electrons. The summed E-state index contributed by atoms with van der Waals surface area (Å²) in [6.45, 7) is 3.54. The van der Waals surface area contributed by atoms with Crippen LogP contribution in [0.3, 0.4) is 0 Å². The van der Waals surface area contributed by atoms with Crippen molar-refractivity contribution in [2.75, 3.05) is 13.2 Å². The molecule has 2 rings (SSSR count). The van der Waals surface area contributed by atoms with Crippen molar-refractivity contribution in [2.24, 2.45) is 5.73 Å². The van der Waals surface area contributed by atoms with Crippen molar-refractivity contribution < 1.29 is 9.53 Å². The van der Waals surface area contributed by atoms with Gasteiger partial charge in [0, 0.05) is 18.8 Å². The number of ether oxygens (including phenoxy) is 1. The minimum absolute atomic E-state index is 0.0261. The summed E-state index contributed by atoms with van der Waals surface area (Å²) in [7, 11) is 0. The Balaban J connectivity index is 1.92. The summed E-state index contributed by atoms with van der Waals surface area (Å²) < 4.78 is 5.29. The minimum atomic E-state index is -0.582. The molecule has 0 aromatic rings. The third-order valence-electron chi connectivity index (χ3n) is 3.71. The van der Waals surface area contributed by atoms with Gasteiger partial charge >= 0.3 is 0 Å². The zero-order valence-electron chi connectivity index (χ0n) is 9.34. The molecule has 2 aliphatic rings. The summed E-state index contributed by atoms with van der Waals surface area (Å²) in [6.07, 6.45) is 4.49. The van der Waals surface area contributed by atoms with Crippen LogP contribution in [0.4, 0.5) is 0 Å². The van der Waals surface area contributed by atoms with Crippen molar-refractivity contribution in [1.82, 2.24) is 5.32 Å². The van der Waals surface area contributed by atoms with E-state index in [2.05, 4.69) is 12.2 Å². The number of hydrogen-bond acceptors (Lipinski definition) is 3. The van der Waals surface area contributed by atoms with Crippen LogP contribution in [-0.4, -0.2) is 30.2 Å². The molecule has 4 heteroatoms. The van der Waals surface area contributed by atoms with Gasteiger partial charge in [-0.15, -0.1) is 0 Å². The summed E-state index contributed by atoms with van der Waals surface area (Å²) in [6, 6.07) is 0. The molecule has 86 valence electrons. The molecular formula is C11H20N2O2. The molecule has 4 nitrogen and oxygen atoms in total. The standard InChI is InChI=1S/C11H20N2O2/c1-10(5-7-15-8-6-10)13-9(14)11(12)3-2-4-11/h2-8,12H2,1H3,(H,13,14). The SMILES string of the molecule is CC1(NC(=O)C2(N)CCC2)CCOCC1. The second-order valence-corrected chi connectivity index (χ2v) is 5.14. The number of carbonyl (C=O) groups is 1. The number of amides is 1. The normalized spacial score (nSPS) is 27.9. The average Bonchev–Trinajstić information content (AvgIpc) is 2.14. The van der Waals surface area contributed by atoms with E-state index in [0.29, 0.717) is 0 Å². The molecule has 1 saturated heterocycles. The van der Waals surface area contributed by atoms with Gasteiger partial charge in [-0.25, -0.2) is 0 Å². The molecule has 0 atom stereocenters. The summed E-state index contributed by atoms with van der Waals surface area (Å²) >= 11 is 0. The molecule has 3 N–H and O–H groups in total. The fourth-order valence-electron chi connectivity index (χ4n) is 2.13. The molecule has 0 aromatic carbocycles. The highest BCUT2D eigenvalue weighted by Crippen LogP contribution is 2.30. The summed E-state index contributed by atoms with van der Waals surface area (Å²) in [5.74, 6) is 0.0261. The van der Waals surface area contributed by atoms with Crippen LogP contribution in [-0.2, 0) is 9.53 Å². The van der Waals surface area contributed by atoms with E-state index in [1.165, 1.54) is 0 Å². The second kappa shape index (κ2) is 3.76. The lowest BCUT2D eigenvalue weighted by atomic mass is 9.76. The predicted molar refractivity (Wildman–Crippen MR) is 57.4 cm³/mol. The van der Waals surface area contributed by atoms with Crippen molar-refractivity contribution in [3.8, 4) is 0 Å². The first-order valence-electron chi connectivity index (χ1n) is 5.73. The quantitative estimate of drug-likeness (QED) is 0.702. The van der Waals surface area contributed by atoms with E-state index in [-0.39, 0.29) is 11.4 Å². The lowest BCUT2D eigenvalue weighted by Crippen LogP contribution is -2.63. The Morgan fingerprint density at radius 2 is 1.87 bits per heavy atom. The Hall–Kier alpha value is -0.610. The van der Waals surface area contributed by atoms with Gasteiger partial charge in [0.25, 0.3) is 0 Å². The van der Waals surface area contributed by atoms with Crippen LogP contribution >= 0.6 is 0 Å². The molecule has 0 bridgehead atoms. The molecule has 15 heavy (non-hydrogen) atoms. The maximum atomic E-state index is 11.9. The van der Waals surface area contributed by atoms with Crippen LogP contribution in [0, 0.1) is 0 Å². The number of nitrogens with one attached hydrogen (secondary N) is 1. The van der Waals surface area contributed by atoms with Gasteiger partial charge in [-0.05, 0) is 39.0 Å². The Labute approximate surface area is 90.5 Å². The van der Waals surface area contributed by atoms with E-state index in [1.54, 1.807) is 0 Å². The molecule has 1 saturated carbocycles. The Kier molecular flexibility index (Phi) is 2.73. The van der Waals surface area contributed by atoms with Crippen molar-refractivity contribution >= 4 is 5.91 Å². The zero-order chi connectivity index (χ0) is 10.9. The molecule has 1 amide bonds. The zero-order valence-corrected chi connectivity index (χ0v) is 9.34. The lowest BCUT2D eigenvalue weighted by Gasteiger charge is -2.41. The molecule has 0 unspecified atom stereocenters. The van der Waals surface area contributed by atoms with Gasteiger partial charge in [0.15, 0.2) is 0 Å². The number of hydrogen-bond donors (Lipinski definition) is 2. The first-order valence-corrected chi connectivity index (χ1v) is 5.73. The summed E-state index contributed by atoms with van der Waals surface area (Å²) in [5, 5.41) is 3.09. The number of rotatable bonds is 2. The third kappa shape index (κ3) is 2.16. The number of nitrogens with two attached hydrogens (primary N) is 1. The maximum absolute atomic E-state index is 11.9. The van der Waals surface area contributed by atoms with Gasteiger partial charge < -0.3 is 15.8 Å². The van der Waals surface area contributed by atoms with Crippen molar-refractivity contribution in [2.45, 2.75) is 50.1 Å². The third-order valence-corrected chi connectivity index (χ3v) is 3.71. The van der Waals surface area contributed by atoms with Crippen LogP contribution in [0.15, 0.2) is 0 Å². The van der Waals surface area contributed by atoms with Crippen LogP contribution in [0.5, 0.6) is 0 Å². The summed E-state index contributed by atoms with van der Waals surface area (Å²) in [4.78, 5) is 11.9. The highest BCUT2D eigenvalue weighted by molar-refractivity contribution is 5.87. The van der Waals surface area contributed by atoms with Gasteiger partial charge in [-0.2, -0.15) is 0 Å². The Morgan fingerprint density at radius 1 is 1.27 bits per heavy atom. The van der Waals surface area contributed by atoms with E-state index in [0.717, 1.165) is 45.3 Å². The second-order valence-electron chi connectivity index (χ2n) is 5.14. The minimum Gasteiger partial charge on any atom is -0.381 e. The predicted octanol–water partition coefficient (Wildman–Crippen LogP) is 0.553. The highest BCUT2D eigenvalue weighted by Gasteiger charge is 2.42. The maximum Gasteiger partial charge on any atom is 0.240 e. The van der Waals surface area contributed by atoms with Crippen LogP contribution < -0.4 is 11.1 Å². The fraction of sp³-hybridized carbons (Fsp3) is 0.909. The van der Waals surface area contributed by atoms with Crippen molar-refractivity contribution in [3.63, 3.8) is 0 Å². The first-order chi connectivity index (χ1) is 7.04. The molecular weight excluding hydrogens is 192 g/mol. The van der Waals surface area contributed by atoms with Crippen molar-refractivity contribution in [3.05, 3.63) is 0 Å². The lowest BCUT2D eigenvalue weighted by molar-refractivity contribution is -0.132. The van der Waals surface area contributed by atoms with E-state index < -0.39 is 5.54 Å². The van der Waals surface area contributed by atoms with Gasteiger partial charge in [0.1, 0.15) is 0 Å². The van der Waals surface area contributed by atoms with Gasteiger partial charge in [0.2, 0.25) is 5.91 Å². The topological polar surface area (TPSA) is 64.4 Å². The largest absolute Gasteiger partial charge is 0.381 e. The van der Waals surface area contributed by atoms with E-state index >= 15 is 0 Å². The molecule has 0 aromatic heterocycles. The average molecular weight is 212 g/mol. The number of carbonyl (C=O) groups excluding carboxylic acids is 1. The molecule has 0 spiro atoms. The van der Waals surface area contributed by atoms with Gasteiger partial charge in [0.05, 0.1) is 5.54 Å². The highest BCUT2D eigenvalue weighted by atomic mass is 16.5. The van der Waals surface area contributed by atoms with Gasteiger partial charge in [-0.1, -0.05) is 0 Å². The monoisotopic (exact) mass is 212 g/mol. The van der Waals surface area contributed by atoms with Crippen LogP contribution in [0.25, 0.3) is 0 Å². The molecule has 1 aliphatic carbocycles. The van der Waals surface area contributed by atoms with Crippen molar-refractivity contribution in [1.29, 1.82) is 0 Å². The van der Waals surface area contributed by atoms with Gasteiger partial charge in [-0.3, -0.25) is 4.79 Å². The van der Waals surface area contributed by atoms with E-state index in [4.69, 9.17) is 10.5 Å². The smallest absolute Gasteiger partial charge is 0.240 e. The summed E-state index contributed by atoms with van der Waals surface area (Å²) in [5.41, 5.74) is 5.28. The van der Waals surface area contributed by atoms with E-state index in [9.17, 15) is 4.79 Å². The Morgan fingerprint density at radius 3 is 2.33 bits per heavy atom.